The summed E-state index contributed by atoms with van der Waals surface area (Å²) in [5.74, 6) is 5.97. The van der Waals surface area contributed by atoms with Gasteiger partial charge in [0.15, 0.2) is 0 Å². The molecule has 0 aliphatic heterocycles. The largest absolute Gasteiger partial charge is 0.512 e. The first kappa shape index (κ1) is 6.16. The molecule has 0 atom stereocenters. The lowest BCUT2D eigenvalue weighted by atomic mass is 10.1. The van der Waals surface area contributed by atoms with E-state index in [1.807, 2.05) is 0 Å². The van der Waals surface area contributed by atoms with E-state index in [9.17, 15) is 0 Å². The smallest absolute Gasteiger partial charge is 0.124 e. The van der Waals surface area contributed by atoms with Crippen molar-refractivity contribution >= 4 is 0 Å². The Labute approximate surface area is 53.4 Å². The van der Waals surface area contributed by atoms with Crippen molar-refractivity contribution < 1.29 is 9.94 Å². The van der Waals surface area contributed by atoms with Crippen molar-refractivity contribution in [1.29, 1.82) is 0 Å². The van der Waals surface area contributed by atoms with Gasteiger partial charge < -0.3 is 9.94 Å². The lowest BCUT2D eigenvalue weighted by Gasteiger charge is -2.07. The van der Waals surface area contributed by atoms with Crippen LogP contribution in [0.3, 0.4) is 0 Å². The van der Waals surface area contributed by atoms with Crippen LogP contribution < -0.4 is 5.90 Å². The lowest BCUT2D eigenvalue weighted by molar-refractivity contribution is 0.204. The van der Waals surface area contributed by atoms with Crippen molar-refractivity contribution in [1.82, 2.24) is 0 Å². The highest BCUT2D eigenvalue weighted by Crippen LogP contribution is 2.14. The highest BCUT2D eigenvalue weighted by atomic mass is 16.6. The molecule has 0 saturated heterocycles. The SMILES string of the molecule is NOC1=CC=C(O)CC1. The number of aliphatic hydroxyl groups is 1. The van der Waals surface area contributed by atoms with E-state index in [4.69, 9.17) is 11.0 Å². The molecule has 0 spiro atoms. The van der Waals surface area contributed by atoms with Crippen molar-refractivity contribution in [2.24, 2.45) is 5.90 Å². The molecule has 1 aliphatic carbocycles. The zero-order valence-corrected chi connectivity index (χ0v) is 5.00. The van der Waals surface area contributed by atoms with Crippen molar-refractivity contribution in [3.05, 3.63) is 23.7 Å². The van der Waals surface area contributed by atoms with Gasteiger partial charge in [0.25, 0.3) is 0 Å². The predicted octanol–water partition coefficient (Wildman–Crippen LogP) is 0.996. The number of hydrogen-bond acceptors (Lipinski definition) is 3. The molecule has 50 valence electrons. The Hall–Kier alpha value is -0.960. The van der Waals surface area contributed by atoms with Gasteiger partial charge in [-0.2, -0.15) is 5.90 Å². The van der Waals surface area contributed by atoms with E-state index in [2.05, 4.69) is 4.84 Å². The number of hydrogen-bond donors (Lipinski definition) is 2. The Kier molecular flexibility index (Phi) is 1.75. The van der Waals surface area contributed by atoms with Gasteiger partial charge in [-0.15, -0.1) is 0 Å². The Morgan fingerprint density at radius 3 is 2.67 bits per heavy atom. The quantitative estimate of drug-likeness (QED) is 0.516. The minimum Gasteiger partial charge on any atom is -0.512 e. The second-order valence-corrected chi connectivity index (χ2v) is 1.91. The van der Waals surface area contributed by atoms with Gasteiger partial charge in [0.1, 0.15) is 5.76 Å². The molecule has 0 bridgehead atoms. The molecule has 0 aromatic rings. The Morgan fingerprint density at radius 2 is 2.22 bits per heavy atom. The van der Waals surface area contributed by atoms with Gasteiger partial charge in [0, 0.05) is 12.8 Å². The minimum absolute atomic E-state index is 0.385. The van der Waals surface area contributed by atoms with Crippen LogP contribution in [0.2, 0.25) is 0 Å². The van der Waals surface area contributed by atoms with E-state index in [-0.39, 0.29) is 0 Å². The fourth-order valence-electron chi connectivity index (χ4n) is 0.705. The van der Waals surface area contributed by atoms with Crippen LogP contribution in [0.4, 0.5) is 0 Å². The third-order valence-electron chi connectivity index (χ3n) is 1.24. The predicted molar refractivity (Wildman–Crippen MR) is 33.3 cm³/mol. The van der Waals surface area contributed by atoms with E-state index < -0.39 is 0 Å². The molecule has 9 heavy (non-hydrogen) atoms. The number of allylic oxidation sites excluding steroid dienone is 4. The Bertz CT molecular complexity index is 160. The molecule has 1 aliphatic rings. The van der Waals surface area contributed by atoms with Crippen LogP contribution in [-0.4, -0.2) is 5.11 Å². The molecule has 0 radical (unpaired) electrons. The maximum absolute atomic E-state index is 8.84. The van der Waals surface area contributed by atoms with Crippen LogP contribution in [0.1, 0.15) is 12.8 Å². The van der Waals surface area contributed by atoms with Gasteiger partial charge in [-0.3, -0.25) is 0 Å². The second kappa shape index (κ2) is 2.55. The molecule has 3 N–H and O–H groups in total. The second-order valence-electron chi connectivity index (χ2n) is 1.91. The molecule has 0 aromatic heterocycles. The van der Waals surface area contributed by atoms with E-state index >= 15 is 0 Å². The van der Waals surface area contributed by atoms with Gasteiger partial charge in [0.2, 0.25) is 0 Å². The van der Waals surface area contributed by atoms with Crippen molar-refractivity contribution in [2.75, 3.05) is 0 Å². The van der Waals surface area contributed by atoms with E-state index in [1.165, 1.54) is 0 Å². The van der Waals surface area contributed by atoms with Gasteiger partial charge in [-0.25, -0.2) is 0 Å². The van der Waals surface area contributed by atoms with Crippen LogP contribution in [0.25, 0.3) is 0 Å². The summed E-state index contributed by atoms with van der Waals surface area (Å²) in [6.45, 7) is 0. The van der Waals surface area contributed by atoms with Gasteiger partial charge in [-0.1, -0.05) is 0 Å². The molecular weight excluding hydrogens is 118 g/mol. The van der Waals surface area contributed by atoms with E-state index in [0.717, 1.165) is 0 Å². The molecule has 3 nitrogen and oxygen atoms in total. The Balaban J connectivity index is 2.59. The fraction of sp³-hybridized carbons (Fsp3) is 0.333. The summed E-state index contributed by atoms with van der Waals surface area (Å²) in [7, 11) is 0. The summed E-state index contributed by atoms with van der Waals surface area (Å²) in [5, 5.41) is 8.84. The summed E-state index contributed by atoms with van der Waals surface area (Å²) >= 11 is 0. The van der Waals surface area contributed by atoms with Crippen LogP contribution in [0.5, 0.6) is 0 Å². The lowest BCUT2D eigenvalue weighted by Crippen LogP contribution is -2.02. The van der Waals surface area contributed by atoms with Gasteiger partial charge >= 0.3 is 0 Å². The average Bonchev–Trinajstić information content (AvgIpc) is 1.90. The van der Waals surface area contributed by atoms with Crippen LogP contribution >= 0.6 is 0 Å². The third kappa shape index (κ3) is 1.47. The maximum atomic E-state index is 8.84. The number of aliphatic hydroxyl groups excluding tert-OH is 1. The molecular formula is C6H9NO2. The zero-order valence-electron chi connectivity index (χ0n) is 5.00. The van der Waals surface area contributed by atoms with Crippen LogP contribution in [-0.2, 0) is 4.84 Å². The summed E-state index contributed by atoms with van der Waals surface area (Å²) in [4.78, 5) is 4.44. The minimum atomic E-state index is 0.385. The molecule has 0 aromatic carbocycles. The summed E-state index contributed by atoms with van der Waals surface area (Å²) < 4.78 is 0. The summed E-state index contributed by atoms with van der Waals surface area (Å²) in [5.41, 5.74) is 0. The van der Waals surface area contributed by atoms with Crippen molar-refractivity contribution in [2.45, 2.75) is 12.8 Å². The zero-order chi connectivity index (χ0) is 6.69. The van der Waals surface area contributed by atoms with Crippen LogP contribution in [0.15, 0.2) is 23.7 Å². The first-order chi connectivity index (χ1) is 4.33. The topological polar surface area (TPSA) is 55.5 Å². The fourth-order valence-corrected chi connectivity index (χ4v) is 0.705. The average molecular weight is 127 g/mol. The normalized spacial score (nSPS) is 18.3. The van der Waals surface area contributed by atoms with Crippen LogP contribution in [0, 0.1) is 0 Å². The van der Waals surface area contributed by atoms with Crippen molar-refractivity contribution in [3.63, 3.8) is 0 Å². The first-order valence-electron chi connectivity index (χ1n) is 2.78. The molecule has 3 heteroatoms. The first-order valence-corrected chi connectivity index (χ1v) is 2.78. The monoisotopic (exact) mass is 127 g/mol. The van der Waals surface area contributed by atoms with Gasteiger partial charge in [0.05, 0.1) is 5.76 Å². The summed E-state index contributed by atoms with van der Waals surface area (Å²) in [6.07, 6.45) is 4.58. The molecule has 0 fully saturated rings. The van der Waals surface area contributed by atoms with Crippen molar-refractivity contribution in [3.8, 4) is 0 Å². The van der Waals surface area contributed by atoms with E-state index in [0.29, 0.717) is 24.4 Å². The highest BCUT2D eigenvalue weighted by molar-refractivity contribution is 5.16. The Morgan fingerprint density at radius 1 is 1.44 bits per heavy atom. The third-order valence-corrected chi connectivity index (χ3v) is 1.24. The highest BCUT2D eigenvalue weighted by Gasteiger charge is 2.03. The molecule has 0 amide bonds. The standard InChI is InChI=1S/C6H9NO2/c7-9-6-3-1-5(8)2-4-6/h1,3,8H,2,4,7H2. The number of rotatable bonds is 1. The van der Waals surface area contributed by atoms with E-state index in [1.54, 1.807) is 12.2 Å². The summed E-state index contributed by atoms with van der Waals surface area (Å²) in [6, 6.07) is 0. The molecule has 0 unspecified atom stereocenters. The molecule has 0 saturated carbocycles. The molecule has 0 heterocycles. The maximum Gasteiger partial charge on any atom is 0.124 e. The number of nitrogens with two attached hydrogens (primary N) is 1. The van der Waals surface area contributed by atoms with Gasteiger partial charge in [-0.05, 0) is 12.2 Å². The molecule has 1 rings (SSSR count).